The molecule has 2 aromatic carbocycles. The Balaban J connectivity index is 1.79. The maximum Gasteiger partial charge on any atom is 0.137 e. The zero-order valence-electron chi connectivity index (χ0n) is 11.0. The van der Waals surface area contributed by atoms with Crippen LogP contribution in [0.5, 0.6) is 0 Å². The lowest BCUT2D eigenvalue weighted by Gasteiger charge is -2.23. The minimum atomic E-state index is -0.428. The Hall–Kier alpha value is -1.19. The fraction of sp³-hybridized carbons (Fsp3) is 0.294. The fourth-order valence-electron chi connectivity index (χ4n) is 2.80. The molecule has 0 saturated heterocycles. The van der Waals surface area contributed by atoms with Crippen LogP contribution in [0.1, 0.15) is 24.0 Å². The fourth-order valence-corrected chi connectivity index (χ4v) is 3.23. The molecule has 0 amide bonds. The first-order valence-electron chi connectivity index (χ1n) is 6.79. The molecule has 0 aliphatic heterocycles. The molecule has 0 spiro atoms. The molecule has 0 aromatic heterocycles. The van der Waals surface area contributed by atoms with Crippen LogP contribution in [0.4, 0.5) is 4.39 Å². The summed E-state index contributed by atoms with van der Waals surface area (Å²) < 4.78 is 13.7. The van der Waals surface area contributed by atoms with Gasteiger partial charge in [0.15, 0.2) is 0 Å². The summed E-state index contributed by atoms with van der Waals surface area (Å²) in [5, 5.41) is 10.6. The maximum absolute atomic E-state index is 13.2. The highest BCUT2D eigenvalue weighted by Gasteiger charge is 2.49. The van der Waals surface area contributed by atoms with E-state index >= 15 is 0 Å². The Morgan fingerprint density at radius 3 is 2.45 bits per heavy atom. The number of aliphatic hydroxyl groups excluding tert-OH is 1. The Morgan fingerprint density at radius 1 is 1.15 bits per heavy atom. The van der Waals surface area contributed by atoms with Crippen LogP contribution in [0.2, 0.25) is 0 Å². The average molecular weight is 335 g/mol. The van der Waals surface area contributed by atoms with E-state index in [1.807, 2.05) is 18.2 Å². The van der Waals surface area contributed by atoms with Gasteiger partial charge in [-0.25, -0.2) is 4.39 Å². The van der Waals surface area contributed by atoms with E-state index in [0.717, 1.165) is 18.4 Å². The summed E-state index contributed by atoms with van der Waals surface area (Å²) in [4.78, 5) is 0. The summed E-state index contributed by atoms with van der Waals surface area (Å²) in [5.74, 6) is -0.271. The molecule has 20 heavy (non-hydrogen) atoms. The topological polar surface area (TPSA) is 20.2 Å². The van der Waals surface area contributed by atoms with E-state index in [0.29, 0.717) is 10.9 Å². The highest BCUT2D eigenvalue weighted by molar-refractivity contribution is 9.10. The van der Waals surface area contributed by atoms with Gasteiger partial charge in [0.2, 0.25) is 0 Å². The van der Waals surface area contributed by atoms with Gasteiger partial charge in [0.05, 0.1) is 10.6 Å². The first-order chi connectivity index (χ1) is 9.62. The van der Waals surface area contributed by atoms with Gasteiger partial charge >= 0.3 is 0 Å². The Kier molecular flexibility index (Phi) is 3.65. The second kappa shape index (κ2) is 5.30. The summed E-state index contributed by atoms with van der Waals surface area (Å²) in [6.07, 6.45) is 2.15. The minimum Gasteiger partial charge on any atom is -0.392 e. The molecular weight excluding hydrogens is 319 g/mol. The van der Waals surface area contributed by atoms with Crippen molar-refractivity contribution >= 4 is 15.9 Å². The summed E-state index contributed by atoms with van der Waals surface area (Å²) in [6, 6.07) is 15.1. The van der Waals surface area contributed by atoms with E-state index in [4.69, 9.17) is 0 Å². The van der Waals surface area contributed by atoms with E-state index < -0.39 is 6.10 Å². The van der Waals surface area contributed by atoms with Crippen molar-refractivity contribution < 1.29 is 9.50 Å². The predicted molar refractivity (Wildman–Crippen MR) is 81.2 cm³/mol. The largest absolute Gasteiger partial charge is 0.392 e. The lowest BCUT2D eigenvalue weighted by molar-refractivity contribution is 0.131. The summed E-state index contributed by atoms with van der Waals surface area (Å²) in [6.45, 7) is 0. The standard InChI is InChI=1S/C17H16BrFO/c18-14-10-12(6-7-15(14)19)11-16(20)17(8-9-17)13-4-2-1-3-5-13/h1-7,10,16,20H,8-9,11H2. The number of hydrogen-bond acceptors (Lipinski definition) is 1. The highest BCUT2D eigenvalue weighted by Crippen LogP contribution is 2.51. The summed E-state index contributed by atoms with van der Waals surface area (Å²) in [5.41, 5.74) is 2.05. The second-order valence-corrected chi connectivity index (χ2v) is 6.34. The molecule has 1 N–H and O–H groups in total. The van der Waals surface area contributed by atoms with Crippen LogP contribution in [-0.4, -0.2) is 11.2 Å². The van der Waals surface area contributed by atoms with Crippen molar-refractivity contribution in [1.29, 1.82) is 0 Å². The molecule has 0 radical (unpaired) electrons. The molecule has 3 rings (SSSR count). The van der Waals surface area contributed by atoms with Gasteiger partial charge in [-0.3, -0.25) is 0 Å². The van der Waals surface area contributed by atoms with E-state index in [1.54, 1.807) is 12.1 Å². The monoisotopic (exact) mass is 334 g/mol. The lowest BCUT2D eigenvalue weighted by Crippen LogP contribution is -2.28. The SMILES string of the molecule is OC(Cc1ccc(F)c(Br)c1)C1(c2ccccc2)CC1. The quantitative estimate of drug-likeness (QED) is 0.887. The van der Waals surface area contributed by atoms with Crippen LogP contribution >= 0.6 is 15.9 Å². The zero-order valence-corrected chi connectivity index (χ0v) is 12.6. The molecule has 104 valence electrons. The van der Waals surface area contributed by atoms with Crippen LogP contribution in [0.15, 0.2) is 53.0 Å². The van der Waals surface area contributed by atoms with Crippen LogP contribution in [0.3, 0.4) is 0 Å². The highest BCUT2D eigenvalue weighted by atomic mass is 79.9. The molecule has 1 saturated carbocycles. The van der Waals surface area contributed by atoms with Crippen molar-refractivity contribution in [3.63, 3.8) is 0 Å². The molecule has 1 nitrogen and oxygen atoms in total. The van der Waals surface area contributed by atoms with Crippen molar-refractivity contribution in [3.05, 3.63) is 69.9 Å². The third-order valence-electron chi connectivity index (χ3n) is 4.19. The van der Waals surface area contributed by atoms with E-state index in [9.17, 15) is 9.50 Å². The third-order valence-corrected chi connectivity index (χ3v) is 4.80. The normalized spacial score (nSPS) is 17.8. The van der Waals surface area contributed by atoms with Crippen LogP contribution < -0.4 is 0 Å². The third kappa shape index (κ3) is 2.52. The Labute approximate surface area is 126 Å². The van der Waals surface area contributed by atoms with E-state index in [2.05, 4.69) is 28.1 Å². The van der Waals surface area contributed by atoms with Gasteiger partial charge < -0.3 is 5.11 Å². The number of hydrogen-bond donors (Lipinski definition) is 1. The van der Waals surface area contributed by atoms with Gasteiger partial charge in [-0.2, -0.15) is 0 Å². The molecule has 1 atom stereocenters. The van der Waals surface area contributed by atoms with Gasteiger partial charge in [-0.05, 0) is 58.5 Å². The minimum absolute atomic E-state index is 0.109. The van der Waals surface area contributed by atoms with Crippen molar-refractivity contribution in [2.45, 2.75) is 30.8 Å². The molecule has 1 aliphatic carbocycles. The zero-order chi connectivity index (χ0) is 14.2. The second-order valence-electron chi connectivity index (χ2n) is 5.49. The van der Waals surface area contributed by atoms with Gasteiger partial charge in [-0.1, -0.05) is 36.4 Å². The predicted octanol–water partition coefficient (Wildman–Crippen LogP) is 4.22. The Morgan fingerprint density at radius 2 is 1.85 bits per heavy atom. The van der Waals surface area contributed by atoms with E-state index in [1.165, 1.54) is 11.6 Å². The molecule has 0 bridgehead atoms. The first-order valence-corrected chi connectivity index (χ1v) is 7.59. The number of halogens is 2. The van der Waals surface area contributed by atoms with Crippen LogP contribution in [0, 0.1) is 5.82 Å². The van der Waals surface area contributed by atoms with Crippen LogP contribution in [-0.2, 0) is 11.8 Å². The van der Waals surface area contributed by atoms with E-state index in [-0.39, 0.29) is 11.2 Å². The smallest absolute Gasteiger partial charge is 0.137 e. The lowest BCUT2D eigenvalue weighted by atomic mass is 9.86. The summed E-state index contributed by atoms with van der Waals surface area (Å²) in [7, 11) is 0. The summed E-state index contributed by atoms with van der Waals surface area (Å²) >= 11 is 3.19. The molecule has 2 aromatic rings. The van der Waals surface area contributed by atoms with Gasteiger partial charge in [0.25, 0.3) is 0 Å². The molecule has 1 unspecified atom stereocenters. The van der Waals surface area contributed by atoms with Crippen molar-refractivity contribution in [2.24, 2.45) is 0 Å². The van der Waals surface area contributed by atoms with Gasteiger partial charge in [-0.15, -0.1) is 0 Å². The van der Waals surface area contributed by atoms with Crippen molar-refractivity contribution in [3.8, 4) is 0 Å². The average Bonchev–Trinajstić information content (AvgIpc) is 3.26. The van der Waals surface area contributed by atoms with Crippen LogP contribution in [0.25, 0.3) is 0 Å². The van der Waals surface area contributed by atoms with Gasteiger partial charge in [0, 0.05) is 5.41 Å². The molecule has 0 heterocycles. The Bertz CT molecular complexity index is 608. The molecule has 3 heteroatoms. The first kappa shape index (κ1) is 13.8. The van der Waals surface area contributed by atoms with Crippen molar-refractivity contribution in [2.75, 3.05) is 0 Å². The molecule has 1 fully saturated rings. The van der Waals surface area contributed by atoms with Crippen molar-refractivity contribution in [1.82, 2.24) is 0 Å². The molecular formula is C17H16BrFO. The van der Waals surface area contributed by atoms with Gasteiger partial charge in [0.1, 0.15) is 5.82 Å². The number of aliphatic hydroxyl groups is 1. The number of benzene rings is 2. The number of rotatable bonds is 4. The molecule has 1 aliphatic rings. The maximum atomic E-state index is 13.2.